The van der Waals surface area contributed by atoms with Gasteiger partial charge in [0.05, 0.1) is 20.3 Å². The number of carbonyl (C=O) groups is 1. The van der Waals surface area contributed by atoms with Crippen LogP contribution in [0.1, 0.15) is 17.7 Å². The number of amides is 1. The minimum Gasteiger partial charge on any atom is -0.308 e. The molecule has 1 amide bonds. The Bertz CT molecular complexity index is 920. The molecule has 2 aromatic heterocycles. The lowest BCUT2D eigenvalue weighted by molar-refractivity contribution is -0.116. The lowest BCUT2D eigenvalue weighted by atomic mass is 10.2. The predicted octanol–water partition coefficient (Wildman–Crippen LogP) is 4.49. The lowest BCUT2D eigenvalue weighted by Gasteiger charge is -2.05. The van der Waals surface area contributed by atoms with Gasteiger partial charge in [-0.05, 0) is 57.1 Å². The SMILES string of the molecule is Cc1nn(CCC(=O)Nc2nn(Cc3ccccc3Cl)cc2Br)cc1I. The third-order valence-electron chi connectivity index (χ3n) is 3.72. The van der Waals surface area contributed by atoms with E-state index in [1.165, 1.54) is 0 Å². The number of halogens is 3. The van der Waals surface area contributed by atoms with Crippen LogP contribution in [0.4, 0.5) is 5.82 Å². The molecular formula is C17H16BrClIN5O. The molecule has 0 bridgehead atoms. The van der Waals surface area contributed by atoms with Crippen molar-refractivity contribution in [1.29, 1.82) is 0 Å². The van der Waals surface area contributed by atoms with Crippen molar-refractivity contribution in [3.05, 3.63) is 61.0 Å². The largest absolute Gasteiger partial charge is 0.308 e. The van der Waals surface area contributed by atoms with Crippen LogP contribution in [0.3, 0.4) is 0 Å². The Balaban J connectivity index is 1.60. The van der Waals surface area contributed by atoms with Gasteiger partial charge < -0.3 is 5.32 Å². The maximum Gasteiger partial charge on any atom is 0.227 e. The fourth-order valence-corrected chi connectivity index (χ4v) is 3.42. The number of rotatable bonds is 6. The Morgan fingerprint density at radius 2 is 2.04 bits per heavy atom. The summed E-state index contributed by atoms with van der Waals surface area (Å²) in [6.07, 6.45) is 4.07. The van der Waals surface area contributed by atoms with E-state index in [1.54, 1.807) is 9.36 Å². The number of anilines is 1. The summed E-state index contributed by atoms with van der Waals surface area (Å²) in [7, 11) is 0. The fraction of sp³-hybridized carbons (Fsp3) is 0.235. The van der Waals surface area contributed by atoms with Crippen LogP contribution >= 0.6 is 50.1 Å². The molecule has 0 atom stereocenters. The highest BCUT2D eigenvalue weighted by atomic mass is 127. The van der Waals surface area contributed by atoms with Gasteiger partial charge in [0.25, 0.3) is 0 Å². The van der Waals surface area contributed by atoms with Crippen molar-refractivity contribution >= 4 is 61.8 Å². The van der Waals surface area contributed by atoms with E-state index in [1.807, 2.05) is 43.6 Å². The molecule has 0 aliphatic heterocycles. The standard InChI is InChI=1S/C17H16BrClIN5O/c1-11-15(20)10-24(22-11)7-6-16(26)21-17-13(18)9-25(23-17)8-12-4-2-3-5-14(12)19/h2-5,9-10H,6-8H2,1H3,(H,21,23,26). The van der Waals surface area contributed by atoms with Gasteiger partial charge in [0.15, 0.2) is 5.82 Å². The van der Waals surface area contributed by atoms with Crippen molar-refractivity contribution in [3.8, 4) is 0 Å². The first-order valence-electron chi connectivity index (χ1n) is 7.88. The van der Waals surface area contributed by atoms with Crippen molar-refractivity contribution in [3.63, 3.8) is 0 Å². The Labute approximate surface area is 178 Å². The maximum atomic E-state index is 12.2. The second kappa shape index (κ2) is 8.53. The van der Waals surface area contributed by atoms with Crippen molar-refractivity contribution in [2.75, 3.05) is 5.32 Å². The summed E-state index contributed by atoms with van der Waals surface area (Å²) in [5.74, 6) is 0.380. The van der Waals surface area contributed by atoms with E-state index in [-0.39, 0.29) is 5.91 Å². The van der Waals surface area contributed by atoms with Crippen LogP contribution in [0.25, 0.3) is 0 Å². The molecule has 0 aliphatic carbocycles. The normalized spacial score (nSPS) is 10.9. The zero-order chi connectivity index (χ0) is 18.7. The molecule has 0 spiro atoms. The Morgan fingerprint density at radius 1 is 1.27 bits per heavy atom. The number of hydrogen-bond acceptors (Lipinski definition) is 3. The lowest BCUT2D eigenvalue weighted by Crippen LogP contribution is -2.15. The number of nitrogens with zero attached hydrogens (tertiary/aromatic N) is 4. The summed E-state index contributed by atoms with van der Waals surface area (Å²) in [4.78, 5) is 12.2. The molecule has 1 N–H and O–H groups in total. The predicted molar refractivity (Wildman–Crippen MR) is 113 cm³/mol. The van der Waals surface area contributed by atoms with Crippen molar-refractivity contribution in [2.24, 2.45) is 0 Å². The number of hydrogen-bond donors (Lipinski definition) is 1. The van der Waals surface area contributed by atoms with E-state index in [0.29, 0.717) is 30.4 Å². The molecule has 0 aliphatic rings. The van der Waals surface area contributed by atoms with Gasteiger partial charge in [-0.25, -0.2) is 0 Å². The van der Waals surface area contributed by atoms with Crippen molar-refractivity contribution in [1.82, 2.24) is 19.6 Å². The Morgan fingerprint density at radius 3 is 2.73 bits per heavy atom. The van der Waals surface area contributed by atoms with Crippen LogP contribution in [-0.4, -0.2) is 25.5 Å². The number of aryl methyl sites for hydroxylation is 2. The first kappa shape index (κ1) is 19.4. The van der Waals surface area contributed by atoms with Crippen LogP contribution in [0, 0.1) is 10.5 Å². The van der Waals surface area contributed by atoms with Gasteiger partial charge in [0.2, 0.25) is 5.91 Å². The van der Waals surface area contributed by atoms with Gasteiger partial charge >= 0.3 is 0 Å². The van der Waals surface area contributed by atoms with Gasteiger partial charge in [-0.1, -0.05) is 29.8 Å². The Hall–Kier alpha value is -1.39. The van der Waals surface area contributed by atoms with E-state index in [4.69, 9.17) is 11.6 Å². The molecule has 2 heterocycles. The molecule has 0 fully saturated rings. The molecule has 9 heteroatoms. The molecule has 1 aromatic carbocycles. The summed E-state index contributed by atoms with van der Waals surface area (Å²) >= 11 is 11.8. The molecule has 26 heavy (non-hydrogen) atoms. The summed E-state index contributed by atoms with van der Waals surface area (Å²) in [5, 5.41) is 12.3. The third-order valence-corrected chi connectivity index (χ3v) is 5.73. The van der Waals surface area contributed by atoms with Crippen LogP contribution in [0.2, 0.25) is 5.02 Å². The summed E-state index contributed by atoms with van der Waals surface area (Å²) in [6.45, 7) is 2.99. The smallest absolute Gasteiger partial charge is 0.227 e. The molecule has 0 unspecified atom stereocenters. The highest BCUT2D eigenvalue weighted by Crippen LogP contribution is 2.22. The molecule has 136 valence electrons. The average molecular weight is 549 g/mol. The topological polar surface area (TPSA) is 64.7 Å². The van der Waals surface area contributed by atoms with Gasteiger partial charge in [0.1, 0.15) is 0 Å². The van der Waals surface area contributed by atoms with Crippen LogP contribution < -0.4 is 5.32 Å². The Kier molecular flexibility index (Phi) is 6.36. The maximum absolute atomic E-state index is 12.2. The van der Waals surface area contributed by atoms with Crippen molar-refractivity contribution in [2.45, 2.75) is 26.4 Å². The van der Waals surface area contributed by atoms with E-state index < -0.39 is 0 Å². The molecule has 3 aromatic rings. The fourth-order valence-electron chi connectivity index (χ4n) is 2.38. The van der Waals surface area contributed by atoms with E-state index in [2.05, 4.69) is 54.0 Å². The second-order valence-corrected chi connectivity index (χ2v) is 8.16. The minimum absolute atomic E-state index is 0.114. The van der Waals surface area contributed by atoms with E-state index >= 15 is 0 Å². The molecule has 0 radical (unpaired) electrons. The van der Waals surface area contributed by atoms with E-state index in [9.17, 15) is 4.79 Å². The summed E-state index contributed by atoms with van der Waals surface area (Å²) < 4.78 is 5.33. The monoisotopic (exact) mass is 547 g/mol. The number of carbonyl (C=O) groups excluding carboxylic acids is 1. The molecule has 6 nitrogen and oxygen atoms in total. The highest BCUT2D eigenvalue weighted by molar-refractivity contribution is 14.1. The zero-order valence-corrected chi connectivity index (χ0v) is 18.4. The first-order valence-corrected chi connectivity index (χ1v) is 10.1. The number of benzene rings is 1. The summed E-state index contributed by atoms with van der Waals surface area (Å²) in [5.41, 5.74) is 1.93. The quantitative estimate of drug-likeness (QED) is 0.462. The minimum atomic E-state index is -0.114. The molecular weight excluding hydrogens is 532 g/mol. The first-order chi connectivity index (χ1) is 12.4. The number of aromatic nitrogens is 4. The van der Waals surface area contributed by atoms with Gasteiger partial charge in [-0.3, -0.25) is 14.2 Å². The highest BCUT2D eigenvalue weighted by Gasteiger charge is 2.12. The second-order valence-electron chi connectivity index (χ2n) is 5.74. The molecule has 3 rings (SSSR count). The van der Waals surface area contributed by atoms with Crippen molar-refractivity contribution < 1.29 is 4.79 Å². The van der Waals surface area contributed by atoms with Gasteiger partial charge in [-0.2, -0.15) is 10.2 Å². The molecule has 0 saturated heterocycles. The van der Waals surface area contributed by atoms with E-state index in [0.717, 1.165) is 19.3 Å². The number of nitrogens with one attached hydrogen (secondary N) is 1. The third kappa shape index (κ3) is 4.86. The van der Waals surface area contributed by atoms with Crippen LogP contribution in [0.15, 0.2) is 41.1 Å². The zero-order valence-electron chi connectivity index (χ0n) is 13.9. The van der Waals surface area contributed by atoms with Gasteiger partial charge in [-0.15, -0.1) is 0 Å². The summed E-state index contributed by atoms with van der Waals surface area (Å²) in [6, 6.07) is 7.61. The molecule has 0 saturated carbocycles. The van der Waals surface area contributed by atoms with Crippen LogP contribution in [-0.2, 0) is 17.9 Å². The van der Waals surface area contributed by atoms with Crippen LogP contribution in [0.5, 0.6) is 0 Å². The average Bonchev–Trinajstić information content (AvgIpc) is 3.10. The van der Waals surface area contributed by atoms with Gasteiger partial charge in [0, 0.05) is 30.4 Å².